The molecule has 1 aromatic heterocycles. The molecular weight excluding hydrogens is 409 g/mol. The predicted octanol–water partition coefficient (Wildman–Crippen LogP) is 3.91. The van der Waals surface area contributed by atoms with E-state index >= 15 is 0 Å². The quantitative estimate of drug-likeness (QED) is 0.723. The van der Waals surface area contributed by atoms with E-state index in [9.17, 15) is 9.18 Å². The van der Waals surface area contributed by atoms with Crippen LogP contribution in [-0.2, 0) is 11.3 Å². The van der Waals surface area contributed by atoms with Crippen molar-refractivity contribution in [1.29, 1.82) is 0 Å². The lowest BCUT2D eigenvalue weighted by Crippen LogP contribution is -2.51. The van der Waals surface area contributed by atoms with E-state index in [-0.39, 0.29) is 23.9 Å². The third kappa shape index (κ3) is 5.27. The van der Waals surface area contributed by atoms with Gasteiger partial charge in [-0.3, -0.25) is 14.7 Å². The standard InChI is InChI=1S/C25H32FN3O3/c1-31-24-12-7-15-29-22(24)10-4-5-14-28(18-21-20(26)9-6-13-27-21)16-17-32-23-11-3-2-8-19(23)25(29)30/h2-3,6,8-9,11,13,22,24H,4-5,7,10,12,14-18H2,1H3/t22-,24-/m1/s1. The number of methoxy groups -OCH3 is 1. The molecule has 0 unspecified atom stereocenters. The minimum atomic E-state index is -0.284. The molecule has 172 valence electrons. The highest BCUT2D eigenvalue weighted by Gasteiger charge is 2.35. The largest absolute Gasteiger partial charge is 0.491 e. The average Bonchev–Trinajstić information content (AvgIpc) is 2.83. The monoisotopic (exact) mass is 441 g/mol. The number of hydrogen-bond donors (Lipinski definition) is 0. The topological polar surface area (TPSA) is 54.9 Å². The van der Waals surface area contributed by atoms with Crippen molar-refractivity contribution >= 4 is 5.91 Å². The van der Waals surface area contributed by atoms with Gasteiger partial charge in [0, 0.05) is 32.9 Å². The van der Waals surface area contributed by atoms with Crippen LogP contribution in [0.5, 0.6) is 5.75 Å². The number of carbonyl (C=O) groups is 1. The minimum Gasteiger partial charge on any atom is -0.491 e. The van der Waals surface area contributed by atoms with Gasteiger partial charge in [0.2, 0.25) is 0 Å². The Hall–Kier alpha value is -2.51. The van der Waals surface area contributed by atoms with Crippen LogP contribution in [0.25, 0.3) is 0 Å². The van der Waals surface area contributed by atoms with Gasteiger partial charge in [0.1, 0.15) is 18.2 Å². The molecule has 0 aliphatic carbocycles. The first-order chi connectivity index (χ1) is 15.7. The molecule has 3 heterocycles. The van der Waals surface area contributed by atoms with Crippen LogP contribution in [0.2, 0.25) is 0 Å². The highest BCUT2D eigenvalue weighted by atomic mass is 19.1. The average molecular weight is 442 g/mol. The Kier molecular flexibility index (Phi) is 7.71. The van der Waals surface area contributed by atoms with Gasteiger partial charge in [0.05, 0.1) is 23.4 Å². The lowest BCUT2D eigenvalue weighted by molar-refractivity contribution is -0.0155. The highest BCUT2D eigenvalue weighted by molar-refractivity contribution is 5.97. The summed E-state index contributed by atoms with van der Waals surface area (Å²) >= 11 is 0. The first-order valence-electron chi connectivity index (χ1n) is 11.5. The van der Waals surface area contributed by atoms with Crippen molar-refractivity contribution in [3.8, 4) is 5.75 Å². The summed E-state index contributed by atoms with van der Waals surface area (Å²) in [6, 6.07) is 10.6. The van der Waals surface area contributed by atoms with Gasteiger partial charge in [-0.1, -0.05) is 18.6 Å². The number of ether oxygens (including phenoxy) is 2. The number of aromatic nitrogens is 1. The molecule has 0 radical (unpaired) electrons. The fourth-order valence-electron chi connectivity index (χ4n) is 4.80. The number of fused-ring (bicyclic) bond motifs is 2. The normalized spacial score (nSPS) is 23.2. The second-order valence-corrected chi connectivity index (χ2v) is 8.53. The van der Waals surface area contributed by atoms with E-state index in [1.807, 2.05) is 29.2 Å². The lowest BCUT2D eigenvalue weighted by atomic mass is 9.93. The van der Waals surface area contributed by atoms with Gasteiger partial charge < -0.3 is 14.4 Å². The van der Waals surface area contributed by atoms with Crippen LogP contribution in [0.15, 0.2) is 42.6 Å². The third-order valence-corrected chi connectivity index (χ3v) is 6.50. The zero-order valence-electron chi connectivity index (χ0n) is 18.7. The van der Waals surface area contributed by atoms with Gasteiger partial charge in [-0.2, -0.15) is 0 Å². The van der Waals surface area contributed by atoms with Crippen molar-refractivity contribution in [2.24, 2.45) is 0 Å². The number of piperidine rings is 1. The molecule has 7 heteroatoms. The van der Waals surface area contributed by atoms with Gasteiger partial charge in [-0.15, -0.1) is 0 Å². The molecule has 32 heavy (non-hydrogen) atoms. The van der Waals surface area contributed by atoms with Crippen molar-refractivity contribution in [3.63, 3.8) is 0 Å². The summed E-state index contributed by atoms with van der Waals surface area (Å²) in [5.41, 5.74) is 1.04. The Morgan fingerprint density at radius 2 is 1.97 bits per heavy atom. The summed E-state index contributed by atoms with van der Waals surface area (Å²) in [5.74, 6) is 0.325. The molecule has 4 rings (SSSR count). The Labute approximate surface area is 189 Å². The van der Waals surface area contributed by atoms with Gasteiger partial charge in [0.15, 0.2) is 0 Å². The molecule has 1 amide bonds. The molecule has 1 saturated heterocycles. The maximum absolute atomic E-state index is 14.2. The van der Waals surface area contributed by atoms with E-state index in [1.165, 1.54) is 6.07 Å². The van der Waals surface area contributed by atoms with E-state index in [0.29, 0.717) is 36.7 Å². The number of carbonyl (C=O) groups excluding carboxylic acids is 1. The molecule has 0 saturated carbocycles. The molecule has 0 spiro atoms. The molecule has 6 nitrogen and oxygen atoms in total. The Morgan fingerprint density at radius 3 is 2.81 bits per heavy atom. The van der Waals surface area contributed by atoms with E-state index in [0.717, 1.165) is 45.2 Å². The molecule has 1 fully saturated rings. The molecule has 2 aliphatic rings. The van der Waals surface area contributed by atoms with E-state index in [4.69, 9.17) is 9.47 Å². The van der Waals surface area contributed by atoms with Crippen molar-refractivity contribution in [2.75, 3.05) is 33.4 Å². The van der Waals surface area contributed by atoms with Crippen molar-refractivity contribution in [2.45, 2.75) is 50.8 Å². The number of rotatable bonds is 3. The summed E-state index contributed by atoms with van der Waals surface area (Å²) in [7, 11) is 1.74. The van der Waals surface area contributed by atoms with Gasteiger partial charge in [-0.25, -0.2) is 4.39 Å². The number of hydrogen-bond acceptors (Lipinski definition) is 5. The van der Waals surface area contributed by atoms with Crippen LogP contribution >= 0.6 is 0 Å². The van der Waals surface area contributed by atoms with E-state index in [1.54, 1.807) is 19.4 Å². The number of nitrogens with zero attached hydrogens (tertiary/aromatic N) is 3. The van der Waals surface area contributed by atoms with Crippen LogP contribution in [0.3, 0.4) is 0 Å². The molecule has 2 aliphatic heterocycles. The third-order valence-electron chi connectivity index (χ3n) is 6.50. The molecular formula is C25H32FN3O3. The first-order valence-corrected chi connectivity index (χ1v) is 11.5. The SMILES string of the molecule is CO[C@@H]1CCCN2C(=O)c3ccccc3OCCN(Cc3ncccc3F)CCCC[C@H]12. The van der Waals surface area contributed by atoms with E-state index < -0.39 is 0 Å². The number of amides is 1. The summed E-state index contributed by atoms with van der Waals surface area (Å²) in [6.07, 6.45) is 6.39. The summed E-state index contributed by atoms with van der Waals surface area (Å²) in [4.78, 5) is 21.9. The zero-order valence-corrected chi connectivity index (χ0v) is 18.7. The van der Waals surface area contributed by atoms with E-state index in [2.05, 4.69) is 9.88 Å². The lowest BCUT2D eigenvalue weighted by Gasteiger charge is -2.41. The second kappa shape index (κ2) is 10.9. The summed E-state index contributed by atoms with van der Waals surface area (Å²) in [6.45, 7) is 3.05. The number of halogens is 1. The predicted molar refractivity (Wildman–Crippen MR) is 120 cm³/mol. The Morgan fingerprint density at radius 1 is 1.09 bits per heavy atom. The molecule has 0 bridgehead atoms. The smallest absolute Gasteiger partial charge is 0.257 e. The number of benzene rings is 1. The summed E-state index contributed by atoms with van der Waals surface area (Å²) < 4.78 is 26.0. The number of para-hydroxylation sites is 1. The van der Waals surface area contributed by atoms with Gasteiger partial charge in [0.25, 0.3) is 5.91 Å². The number of pyridine rings is 1. The van der Waals surface area contributed by atoms with Crippen LogP contribution < -0.4 is 4.74 Å². The zero-order chi connectivity index (χ0) is 22.3. The maximum Gasteiger partial charge on any atom is 0.257 e. The molecule has 2 atom stereocenters. The summed E-state index contributed by atoms with van der Waals surface area (Å²) in [5, 5.41) is 0. The fourth-order valence-corrected chi connectivity index (χ4v) is 4.80. The first kappa shape index (κ1) is 22.7. The van der Waals surface area contributed by atoms with Crippen molar-refractivity contribution in [1.82, 2.24) is 14.8 Å². The Balaban J connectivity index is 1.56. The maximum atomic E-state index is 14.2. The second-order valence-electron chi connectivity index (χ2n) is 8.53. The fraction of sp³-hybridized carbons (Fsp3) is 0.520. The van der Waals surface area contributed by atoms with Crippen LogP contribution in [0.1, 0.15) is 48.2 Å². The molecule has 2 aromatic rings. The van der Waals surface area contributed by atoms with Gasteiger partial charge >= 0.3 is 0 Å². The Bertz CT molecular complexity index is 910. The molecule has 1 aromatic carbocycles. The van der Waals surface area contributed by atoms with Crippen LogP contribution in [0.4, 0.5) is 4.39 Å². The minimum absolute atomic E-state index is 0.0130. The molecule has 0 N–H and O–H groups in total. The highest BCUT2D eigenvalue weighted by Crippen LogP contribution is 2.29. The van der Waals surface area contributed by atoms with Crippen molar-refractivity contribution in [3.05, 3.63) is 59.7 Å². The van der Waals surface area contributed by atoms with Crippen LogP contribution in [-0.4, -0.2) is 66.2 Å². The van der Waals surface area contributed by atoms with Crippen molar-refractivity contribution < 1.29 is 18.7 Å². The van der Waals surface area contributed by atoms with Crippen LogP contribution in [0, 0.1) is 5.82 Å². The van der Waals surface area contributed by atoms with Gasteiger partial charge in [-0.05, 0) is 56.5 Å².